The smallest absolute Gasteiger partial charge is 0.269 e. The zero-order valence-electron chi connectivity index (χ0n) is 14.8. The standard InChI is InChI=1S/C20H22N4O2/c1-2-20-21-18-5-3-4-6-19(18)23(20)16-11-13-22(14-12-16)15-7-9-17(10-8-15)24(25)26/h3-10,16H,2,11-14H2,1H3. The maximum Gasteiger partial charge on any atom is 0.269 e. The number of nitrogens with zero attached hydrogens (tertiary/aromatic N) is 4. The van der Waals surface area contributed by atoms with E-state index in [2.05, 4.69) is 34.6 Å². The zero-order chi connectivity index (χ0) is 18.1. The highest BCUT2D eigenvalue weighted by Gasteiger charge is 2.24. The molecule has 4 rings (SSSR count). The van der Waals surface area contributed by atoms with Crippen molar-refractivity contribution in [3.8, 4) is 0 Å². The number of para-hydroxylation sites is 2. The van der Waals surface area contributed by atoms with Crippen LogP contribution in [-0.2, 0) is 6.42 Å². The Morgan fingerprint density at radius 2 is 1.81 bits per heavy atom. The first kappa shape index (κ1) is 16.6. The number of aromatic nitrogens is 2. The molecule has 3 aromatic rings. The van der Waals surface area contributed by atoms with Crippen LogP contribution in [0.25, 0.3) is 11.0 Å². The van der Waals surface area contributed by atoms with E-state index < -0.39 is 0 Å². The molecule has 0 radical (unpaired) electrons. The van der Waals surface area contributed by atoms with Gasteiger partial charge in [-0.15, -0.1) is 0 Å². The molecule has 1 fully saturated rings. The molecule has 0 N–H and O–H groups in total. The molecule has 26 heavy (non-hydrogen) atoms. The molecular formula is C20H22N4O2. The van der Waals surface area contributed by atoms with E-state index in [1.165, 1.54) is 5.52 Å². The van der Waals surface area contributed by atoms with Gasteiger partial charge in [0.05, 0.1) is 16.0 Å². The lowest BCUT2D eigenvalue weighted by Crippen LogP contribution is -2.35. The maximum atomic E-state index is 10.8. The van der Waals surface area contributed by atoms with Crippen molar-refractivity contribution in [3.05, 3.63) is 64.5 Å². The van der Waals surface area contributed by atoms with E-state index in [-0.39, 0.29) is 10.6 Å². The molecule has 1 aromatic heterocycles. The predicted molar refractivity (Wildman–Crippen MR) is 103 cm³/mol. The number of benzene rings is 2. The fraction of sp³-hybridized carbons (Fsp3) is 0.350. The second kappa shape index (κ2) is 6.78. The Balaban J connectivity index is 1.53. The predicted octanol–water partition coefficient (Wildman–Crippen LogP) is 4.35. The Morgan fingerprint density at radius 3 is 2.46 bits per heavy atom. The van der Waals surface area contributed by atoms with Gasteiger partial charge in [-0.1, -0.05) is 19.1 Å². The summed E-state index contributed by atoms with van der Waals surface area (Å²) in [5.74, 6) is 1.15. The second-order valence-corrected chi connectivity index (χ2v) is 6.73. The van der Waals surface area contributed by atoms with Crippen LogP contribution >= 0.6 is 0 Å². The van der Waals surface area contributed by atoms with Gasteiger partial charge in [0, 0.05) is 43.4 Å². The van der Waals surface area contributed by atoms with Gasteiger partial charge in [0.15, 0.2) is 0 Å². The monoisotopic (exact) mass is 350 g/mol. The number of nitro groups is 1. The Kier molecular flexibility index (Phi) is 4.32. The summed E-state index contributed by atoms with van der Waals surface area (Å²) in [4.78, 5) is 17.6. The average Bonchev–Trinajstić information content (AvgIpc) is 3.07. The van der Waals surface area contributed by atoms with Crippen molar-refractivity contribution >= 4 is 22.4 Å². The van der Waals surface area contributed by atoms with Gasteiger partial charge in [-0.2, -0.15) is 0 Å². The molecule has 1 aliphatic rings. The molecule has 2 aromatic carbocycles. The minimum absolute atomic E-state index is 0.140. The van der Waals surface area contributed by atoms with Crippen LogP contribution in [0.1, 0.15) is 31.6 Å². The molecule has 2 heterocycles. The van der Waals surface area contributed by atoms with Crippen molar-refractivity contribution in [1.82, 2.24) is 9.55 Å². The topological polar surface area (TPSA) is 64.2 Å². The van der Waals surface area contributed by atoms with E-state index in [1.54, 1.807) is 12.1 Å². The number of rotatable bonds is 4. The summed E-state index contributed by atoms with van der Waals surface area (Å²) in [6.07, 6.45) is 3.02. The number of fused-ring (bicyclic) bond motifs is 1. The summed E-state index contributed by atoms with van der Waals surface area (Å²) in [7, 11) is 0. The summed E-state index contributed by atoms with van der Waals surface area (Å²) >= 11 is 0. The van der Waals surface area contributed by atoms with Gasteiger partial charge in [-0.3, -0.25) is 10.1 Å². The van der Waals surface area contributed by atoms with E-state index in [1.807, 2.05) is 18.2 Å². The van der Waals surface area contributed by atoms with Gasteiger partial charge in [-0.25, -0.2) is 4.98 Å². The third-order valence-electron chi connectivity index (χ3n) is 5.24. The Morgan fingerprint density at radius 1 is 1.12 bits per heavy atom. The van der Waals surface area contributed by atoms with Gasteiger partial charge < -0.3 is 9.47 Å². The Hall–Kier alpha value is -2.89. The number of aryl methyl sites for hydroxylation is 1. The van der Waals surface area contributed by atoms with Gasteiger partial charge >= 0.3 is 0 Å². The van der Waals surface area contributed by atoms with E-state index in [4.69, 9.17) is 4.98 Å². The van der Waals surface area contributed by atoms with E-state index >= 15 is 0 Å². The minimum Gasteiger partial charge on any atom is -0.371 e. The van der Waals surface area contributed by atoms with Gasteiger partial charge in [-0.05, 0) is 37.1 Å². The molecule has 0 amide bonds. The lowest BCUT2D eigenvalue weighted by molar-refractivity contribution is -0.384. The number of hydrogen-bond donors (Lipinski definition) is 0. The minimum atomic E-state index is -0.355. The maximum absolute atomic E-state index is 10.8. The molecule has 6 heteroatoms. The van der Waals surface area contributed by atoms with E-state index in [0.29, 0.717) is 6.04 Å². The first-order chi connectivity index (χ1) is 12.7. The first-order valence-corrected chi connectivity index (χ1v) is 9.12. The number of non-ortho nitro benzene ring substituents is 1. The van der Waals surface area contributed by atoms with Crippen molar-refractivity contribution in [1.29, 1.82) is 0 Å². The van der Waals surface area contributed by atoms with Crippen LogP contribution in [0.4, 0.5) is 11.4 Å². The molecular weight excluding hydrogens is 328 g/mol. The average molecular weight is 350 g/mol. The lowest BCUT2D eigenvalue weighted by atomic mass is 10.0. The molecule has 134 valence electrons. The number of nitro benzene ring substituents is 1. The van der Waals surface area contributed by atoms with Crippen LogP contribution in [0.3, 0.4) is 0 Å². The number of piperidine rings is 1. The molecule has 0 bridgehead atoms. The van der Waals surface area contributed by atoms with Crippen LogP contribution in [0.5, 0.6) is 0 Å². The zero-order valence-corrected chi connectivity index (χ0v) is 14.8. The molecule has 0 atom stereocenters. The number of hydrogen-bond acceptors (Lipinski definition) is 4. The SMILES string of the molecule is CCc1nc2ccccc2n1C1CCN(c2ccc([N+](=O)[O-])cc2)CC1. The summed E-state index contributed by atoms with van der Waals surface area (Å²) < 4.78 is 2.42. The van der Waals surface area contributed by atoms with Crippen LogP contribution in [0.2, 0.25) is 0 Å². The van der Waals surface area contributed by atoms with E-state index in [0.717, 1.165) is 49.4 Å². The first-order valence-electron chi connectivity index (χ1n) is 9.12. The highest BCUT2D eigenvalue weighted by Crippen LogP contribution is 2.31. The fourth-order valence-corrected chi connectivity index (χ4v) is 3.92. The van der Waals surface area contributed by atoms with Gasteiger partial charge in [0.25, 0.3) is 5.69 Å². The molecule has 0 saturated carbocycles. The molecule has 1 saturated heterocycles. The molecule has 6 nitrogen and oxygen atoms in total. The number of anilines is 1. The summed E-state index contributed by atoms with van der Waals surface area (Å²) in [5, 5.41) is 10.8. The summed E-state index contributed by atoms with van der Waals surface area (Å²) in [6.45, 7) is 4.04. The molecule has 1 aliphatic heterocycles. The second-order valence-electron chi connectivity index (χ2n) is 6.73. The lowest BCUT2D eigenvalue weighted by Gasteiger charge is -2.35. The van der Waals surface area contributed by atoms with E-state index in [9.17, 15) is 10.1 Å². The number of imidazole rings is 1. The van der Waals surface area contributed by atoms with Crippen LogP contribution < -0.4 is 4.90 Å². The van der Waals surface area contributed by atoms with Crippen molar-refractivity contribution < 1.29 is 4.92 Å². The highest BCUT2D eigenvalue weighted by molar-refractivity contribution is 5.76. The highest BCUT2D eigenvalue weighted by atomic mass is 16.6. The Labute approximate surface area is 152 Å². The molecule has 0 spiro atoms. The molecule has 0 aliphatic carbocycles. The van der Waals surface area contributed by atoms with Gasteiger partial charge in [0.1, 0.15) is 5.82 Å². The van der Waals surface area contributed by atoms with Crippen LogP contribution in [0, 0.1) is 10.1 Å². The summed E-state index contributed by atoms with van der Waals surface area (Å²) in [6, 6.07) is 15.7. The normalized spacial score (nSPS) is 15.5. The Bertz CT molecular complexity index is 925. The molecule has 0 unspecified atom stereocenters. The summed E-state index contributed by atoms with van der Waals surface area (Å²) in [5.41, 5.74) is 3.49. The van der Waals surface area contributed by atoms with Crippen molar-refractivity contribution in [2.75, 3.05) is 18.0 Å². The van der Waals surface area contributed by atoms with Crippen molar-refractivity contribution in [2.45, 2.75) is 32.2 Å². The third kappa shape index (κ3) is 2.92. The van der Waals surface area contributed by atoms with Crippen molar-refractivity contribution in [3.63, 3.8) is 0 Å². The largest absolute Gasteiger partial charge is 0.371 e. The van der Waals surface area contributed by atoms with Crippen molar-refractivity contribution in [2.24, 2.45) is 0 Å². The van der Waals surface area contributed by atoms with Crippen LogP contribution in [0.15, 0.2) is 48.5 Å². The fourth-order valence-electron chi connectivity index (χ4n) is 3.92. The van der Waals surface area contributed by atoms with Gasteiger partial charge in [0.2, 0.25) is 0 Å². The quantitative estimate of drug-likeness (QED) is 0.518. The van der Waals surface area contributed by atoms with Crippen LogP contribution in [-0.4, -0.2) is 27.6 Å². The third-order valence-corrected chi connectivity index (χ3v) is 5.24.